The lowest BCUT2D eigenvalue weighted by molar-refractivity contribution is -0.121. The second-order valence-electron chi connectivity index (χ2n) is 4.75. The molecule has 0 radical (unpaired) electrons. The SMILES string of the molecule is CCOCCCNC(=O)CC(C)c1ccc(O)cc1O. The highest BCUT2D eigenvalue weighted by Crippen LogP contribution is 2.30. The van der Waals surface area contributed by atoms with Gasteiger partial charge in [-0.25, -0.2) is 0 Å². The van der Waals surface area contributed by atoms with Crippen LogP contribution in [0.2, 0.25) is 0 Å². The first-order valence-corrected chi connectivity index (χ1v) is 6.91. The molecule has 0 saturated heterocycles. The van der Waals surface area contributed by atoms with Crippen LogP contribution in [-0.2, 0) is 9.53 Å². The summed E-state index contributed by atoms with van der Waals surface area (Å²) >= 11 is 0. The highest BCUT2D eigenvalue weighted by atomic mass is 16.5. The second-order valence-corrected chi connectivity index (χ2v) is 4.75. The van der Waals surface area contributed by atoms with Gasteiger partial charge >= 0.3 is 0 Å². The van der Waals surface area contributed by atoms with Crippen molar-refractivity contribution in [3.63, 3.8) is 0 Å². The Hall–Kier alpha value is -1.75. The molecule has 1 aromatic rings. The van der Waals surface area contributed by atoms with E-state index >= 15 is 0 Å². The molecule has 0 fully saturated rings. The lowest BCUT2D eigenvalue weighted by Gasteiger charge is -2.13. The van der Waals surface area contributed by atoms with Crippen molar-refractivity contribution in [3.8, 4) is 11.5 Å². The molecule has 20 heavy (non-hydrogen) atoms. The van der Waals surface area contributed by atoms with Crippen molar-refractivity contribution < 1.29 is 19.7 Å². The minimum atomic E-state index is -0.109. The van der Waals surface area contributed by atoms with Gasteiger partial charge in [0.2, 0.25) is 5.91 Å². The summed E-state index contributed by atoms with van der Waals surface area (Å²) in [5, 5.41) is 21.8. The molecule has 0 saturated carbocycles. The number of amides is 1. The molecule has 1 atom stereocenters. The fraction of sp³-hybridized carbons (Fsp3) is 0.533. The van der Waals surface area contributed by atoms with Gasteiger partial charge in [-0.1, -0.05) is 13.0 Å². The lowest BCUT2D eigenvalue weighted by Crippen LogP contribution is -2.26. The Morgan fingerprint density at radius 3 is 2.80 bits per heavy atom. The van der Waals surface area contributed by atoms with Crippen LogP contribution >= 0.6 is 0 Å². The van der Waals surface area contributed by atoms with Gasteiger partial charge in [-0.2, -0.15) is 0 Å². The van der Waals surface area contributed by atoms with Gasteiger partial charge < -0.3 is 20.3 Å². The van der Waals surface area contributed by atoms with Gasteiger partial charge in [0.05, 0.1) is 0 Å². The van der Waals surface area contributed by atoms with Crippen LogP contribution in [0.3, 0.4) is 0 Å². The van der Waals surface area contributed by atoms with E-state index in [2.05, 4.69) is 5.32 Å². The normalized spacial score (nSPS) is 12.1. The molecule has 0 aliphatic carbocycles. The standard InChI is InChI=1S/C15H23NO4/c1-3-20-8-4-7-16-15(19)9-11(2)13-6-5-12(17)10-14(13)18/h5-6,10-11,17-18H,3-4,7-9H2,1-2H3,(H,16,19). The van der Waals surface area contributed by atoms with E-state index in [1.54, 1.807) is 6.07 Å². The van der Waals surface area contributed by atoms with Crippen LogP contribution in [0.5, 0.6) is 11.5 Å². The van der Waals surface area contributed by atoms with E-state index in [9.17, 15) is 15.0 Å². The molecule has 1 amide bonds. The molecule has 0 bridgehead atoms. The van der Waals surface area contributed by atoms with Crippen LogP contribution in [-0.4, -0.2) is 35.9 Å². The van der Waals surface area contributed by atoms with Crippen molar-refractivity contribution in [2.45, 2.75) is 32.6 Å². The maximum Gasteiger partial charge on any atom is 0.220 e. The zero-order chi connectivity index (χ0) is 15.0. The predicted molar refractivity (Wildman–Crippen MR) is 76.9 cm³/mol. The summed E-state index contributed by atoms with van der Waals surface area (Å²) in [5.41, 5.74) is 0.660. The van der Waals surface area contributed by atoms with Gasteiger partial charge in [0.15, 0.2) is 0 Å². The predicted octanol–water partition coefficient (Wildman–Crippen LogP) is 2.13. The Labute approximate surface area is 119 Å². The summed E-state index contributed by atoms with van der Waals surface area (Å²) in [7, 11) is 0. The molecule has 0 heterocycles. The lowest BCUT2D eigenvalue weighted by atomic mass is 9.96. The third-order valence-electron chi connectivity index (χ3n) is 3.03. The number of aromatic hydroxyl groups is 2. The van der Waals surface area contributed by atoms with E-state index in [-0.39, 0.29) is 23.3 Å². The van der Waals surface area contributed by atoms with Crippen molar-refractivity contribution in [2.75, 3.05) is 19.8 Å². The summed E-state index contributed by atoms with van der Waals surface area (Å²) in [6, 6.07) is 4.43. The minimum absolute atomic E-state index is 0.0128. The zero-order valence-corrected chi connectivity index (χ0v) is 12.1. The Kier molecular flexibility index (Phi) is 6.87. The van der Waals surface area contributed by atoms with E-state index in [4.69, 9.17) is 4.74 Å². The smallest absolute Gasteiger partial charge is 0.220 e. The number of carbonyl (C=O) groups excluding carboxylic acids is 1. The maximum atomic E-state index is 11.8. The number of nitrogens with one attached hydrogen (secondary N) is 1. The molecule has 5 heteroatoms. The van der Waals surface area contributed by atoms with E-state index in [0.29, 0.717) is 31.7 Å². The Bertz CT molecular complexity index is 434. The third kappa shape index (κ3) is 5.48. The maximum absolute atomic E-state index is 11.8. The number of benzene rings is 1. The van der Waals surface area contributed by atoms with E-state index in [0.717, 1.165) is 6.42 Å². The average molecular weight is 281 g/mol. The van der Waals surface area contributed by atoms with Crippen LogP contribution in [0.15, 0.2) is 18.2 Å². The van der Waals surface area contributed by atoms with Crippen LogP contribution in [0.25, 0.3) is 0 Å². The second kappa shape index (κ2) is 8.43. The largest absolute Gasteiger partial charge is 0.508 e. The molecule has 0 aliphatic rings. The summed E-state index contributed by atoms with van der Waals surface area (Å²) in [6.07, 6.45) is 1.09. The highest BCUT2D eigenvalue weighted by molar-refractivity contribution is 5.76. The molecule has 0 aromatic heterocycles. The molecule has 1 unspecified atom stereocenters. The monoisotopic (exact) mass is 281 g/mol. The number of hydrogen-bond acceptors (Lipinski definition) is 4. The van der Waals surface area contributed by atoms with Crippen LogP contribution < -0.4 is 5.32 Å². The van der Waals surface area contributed by atoms with Crippen molar-refractivity contribution in [3.05, 3.63) is 23.8 Å². The number of phenolic OH excluding ortho intramolecular Hbond substituents is 2. The molecule has 5 nitrogen and oxygen atoms in total. The van der Waals surface area contributed by atoms with Crippen LogP contribution in [0.1, 0.15) is 38.2 Å². The quantitative estimate of drug-likeness (QED) is 0.638. The molecule has 0 aliphatic heterocycles. The first-order chi connectivity index (χ1) is 9.54. The Morgan fingerprint density at radius 2 is 2.15 bits per heavy atom. The van der Waals surface area contributed by atoms with Crippen molar-refractivity contribution in [1.82, 2.24) is 5.32 Å². The average Bonchev–Trinajstić information content (AvgIpc) is 2.38. The first kappa shape index (κ1) is 16.3. The third-order valence-corrected chi connectivity index (χ3v) is 3.03. The summed E-state index contributed by atoms with van der Waals surface area (Å²) < 4.78 is 5.18. The highest BCUT2D eigenvalue weighted by Gasteiger charge is 2.14. The van der Waals surface area contributed by atoms with E-state index < -0.39 is 0 Å². The number of phenols is 2. The van der Waals surface area contributed by atoms with Gasteiger partial charge in [0, 0.05) is 32.2 Å². The zero-order valence-electron chi connectivity index (χ0n) is 12.1. The van der Waals surface area contributed by atoms with Gasteiger partial charge in [-0.3, -0.25) is 4.79 Å². The molecule has 112 valence electrons. The van der Waals surface area contributed by atoms with Gasteiger partial charge in [0.25, 0.3) is 0 Å². The van der Waals surface area contributed by atoms with Gasteiger partial charge in [0.1, 0.15) is 11.5 Å². The number of carbonyl (C=O) groups is 1. The first-order valence-electron chi connectivity index (χ1n) is 6.91. The summed E-state index contributed by atoms with van der Waals surface area (Å²) in [6.45, 7) is 5.72. The fourth-order valence-electron chi connectivity index (χ4n) is 1.96. The van der Waals surface area contributed by atoms with Crippen LogP contribution in [0.4, 0.5) is 0 Å². The topological polar surface area (TPSA) is 78.8 Å². The molecular formula is C15H23NO4. The van der Waals surface area contributed by atoms with E-state index in [1.165, 1.54) is 12.1 Å². The van der Waals surface area contributed by atoms with E-state index in [1.807, 2.05) is 13.8 Å². The molecule has 3 N–H and O–H groups in total. The fourth-order valence-corrected chi connectivity index (χ4v) is 1.96. The minimum Gasteiger partial charge on any atom is -0.508 e. The van der Waals surface area contributed by atoms with Gasteiger partial charge in [-0.05, 0) is 30.9 Å². The van der Waals surface area contributed by atoms with Crippen molar-refractivity contribution >= 4 is 5.91 Å². The summed E-state index contributed by atoms with van der Waals surface area (Å²) in [5.74, 6) is -0.135. The van der Waals surface area contributed by atoms with Crippen molar-refractivity contribution in [1.29, 1.82) is 0 Å². The Morgan fingerprint density at radius 1 is 1.40 bits per heavy atom. The number of hydrogen-bond donors (Lipinski definition) is 3. The molecule has 1 rings (SSSR count). The Balaban J connectivity index is 2.37. The molecular weight excluding hydrogens is 258 g/mol. The van der Waals surface area contributed by atoms with Crippen LogP contribution in [0, 0.1) is 0 Å². The molecule has 0 spiro atoms. The van der Waals surface area contributed by atoms with Gasteiger partial charge in [-0.15, -0.1) is 0 Å². The summed E-state index contributed by atoms with van der Waals surface area (Å²) in [4.78, 5) is 11.8. The van der Waals surface area contributed by atoms with Crippen molar-refractivity contribution in [2.24, 2.45) is 0 Å². The molecule has 1 aromatic carbocycles. The number of rotatable bonds is 8. The number of ether oxygens (including phenoxy) is 1.